The van der Waals surface area contributed by atoms with E-state index in [1.807, 2.05) is 30.3 Å². The van der Waals surface area contributed by atoms with Crippen LogP contribution in [0.5, 0.6) is 0 Å². The zero-order valence-corrected chi connectivity index (χ0v) is 10.2. The summed E-state index contributed by atoms with van der Waals surface area (Å²) >= 11 is 0. The quantitative estimate of drug-likeness (QED) is 0.516. The summed E-state index contributed by atoms with van der Waals surface area (Å²) in [7, 11) is 0. The molecule has 0 saturated carbocycles. The van der Waals surface area contributed by atoms with E-state index in [0.29, 0.717) is 5.56 Å². The molecule has 0 N–H and O–H groups in total. The van der Waals surface area contributed by atoms with Crippen molar-refractivity contribution in [2.24, 2.45) is 0 Å². The number of halogens is 1. The maximum absolute atomic E-state index is 13.1. The van der Waals surface area contributed by atoms with Gasteiger partial charge in [-0.15, -0.1) is 0 Å². The maximum atomic E-state index is 13.1. The van der Waals surface area contributed by atoms with Gasteiger partial charge in [0.15, 0.2) is 0 Å². The molecule has 0 aliphatic heterocycles. The van der Waals surface area contributed by atoms with E-state index in [4.69, 9.17) is 0 Å². The van der Waals surface area contributed by atoms with Crippen LogP contribution in [-0.4, -0.2) is 0 Å². The van der Waals surface area contributed by atoms with Gasteiger partial charge in [-0.05, 0) is 35.0 Å². The number of fused-ring (bicyclic) bond motifs is 1. The SMILES string of the molecule is Fc1cccc(C#Cc2cccc3ccccc23)c1. The Morgan fingerprint density at radius 1 is 0.737 bits per heavy atom. The highest BCUT2D eigenvalue weighted by Gasteiger charge is 1.96. The van der Waals surface area contributed by atoms with Gasteiger partial charge in [-0.25, -0.2) is 4.39 Å². The fourth-order valence-corrected chi connectivity index (χ4v) is 2.04. The highest BCUT2D eigenvalue weighted by molar-refractivity contribution is 5.88. The Hall–Kier alpha value is -2.59. The molecule has 0 nitrogen and oxygen atoms in total. The van der Waals surface area contributed by atoms with E-state index in [2.05, 4.69) is 24.0 Å². The second kappa shape index (κ2) is 4.96. The van der Waals surface area contributed by atoms with Gasteiger partial charge in [-0.2, -0.15) is 0 Å². The first kappa shape index (κ1) is 11.5. The lowest BCUT2D eigenvalue weighted by Crippen LogP contribution is -1.80. The zero-order chi connectivity index (χ0) is 13.1. The van der Waals surface area contributed by atoms with E-state index in [1.54, 1.807) is 12.1 Å². The molecule has 0 fully saturated rings. The summed E-state index contributed by atoms with van der Waals surface area (Å²) in [4.78, 5) is 0. The topological polar surface area (TPSA) is 0 Å². The molecule has 0 atom stereocenters. The van der Waals surface area contributed by atoms with E-state index >= 15 is 0 Å². The molecule has 90 valence electrons. The van der Waals surface area contributed by atoms with Gasteiger partial charge in [0.1, 0.15) is 5.82 Å². The van der Waals surface area contributed by atoms with Gasteiger partial charge in [0.05, 0.1) is 0 Å². The Balaban J connectivity index is 2.07. The molecule has 0 aromatic heterocycles. The molecule has 1 heteroatoms. The molecule has 0 heterocycles. The van der Waals surface area contributed by atoms with Crippen LogP contribution >= 0.6 is 0 Å². The van der Waals surface area contributed by atoms with E-state index < -0.39 is 0 Å². The zero-order valence-electron chi connectivity index (χ0n) is 10.2. The third kappa shape index (κ3) is 2.48. The Labute approximate surface area is 111 Å². The van der Waals surface area contributed by atoms with Crippen LogP contribution in [0.2, 0.25) is 0 Å². The summed E-state index contributed by atoms with van der Waals surface area (Å²) in [5.41, 5.74) is 1.65. The Bertz CT molecular complexity index is 786. The molecule has 0 aliphatic rings. The molecule has 19 heavy (non-hydrogen) atoms. The standard InChI is InChI=1S/C18H11F/c19-17-9-3-5-14(13-17)11-12-16-8-4-7-15-6-1-2-10-18(15)16/h1-10,13H. The lowest BCUT2D eigenvalue weighted by molar-refractivity contribution is 0.627. The molecule has 0 bridgehead atoms. The summed E-state index contributed by atoms with van der Waals surface area (Å²) in [5.74, 6) is 5.86. The van der Waals surface area contributed by atoms with Gasteiger partial charge in [-0.3, -0.25) is 0 Å². The van der Waals surface area contributed by atoms with Crippen molar-refractivity contribution in [1.82, 2.24) is 0 Å². The van der Waals surface area contributed by atoms with Crippen LogP contribution in [0, 0.1) is 17.7 Å². The Kier molecular flexibility index (Phi) is 3.00. The summed E-state index contributed by atoms with van der Waals surface area (Å²) in [6.45, 7) is 0. The third-order valence-corrected chi connectivity index (χ3v) is 2.96. The molecule has 0 spiro atoms. The molecular weight excluding hydrogens is 235 g/mol. The predicted molar refractivity (Wildman–Crippen MR) is 76.3 cm³/mol. The normalized spacial score (nSPS) is 9.95. The molecule has 3 rings (SSSR count). The summed E-state index contributed by atoms with van der Waals surface area (Å²) < 4.78 is 13.1. The van der Waals surface area contributed by atoms with E-state index in [-0.39, 0.29) is 5.82 Å². The fourth-order valence-electron chi connectivity index (χ4n) is 2.04. The van der Waals surface area contributed by atoms with Crippen LogP contribution in [0.3, 0.4) is 0 Å². The molecule has 0 saturated heterocycles. The van der Waals surface area contributed by atoms with E-state index in [0.717, 1.165) is 16.3 Å². The number of hydrogen-bond donors (Lipinski definition) is 0. The van der Waals surface area contributed by atoms with Gasteiger partial charge in [-0.1, -0.05) is 54.3 Å². The monoisotopic (exact) mass is 246 g/mol. The first-order chi connectivity index (χ1) is 9.33. The van der Waals surface area contributed by atoms with Crippen molar-refractivity contribution in [2.45, 2.75) is 0 Å². The lowest BCUT2D eigenvalue weighted by atomic mass is 10.0. The maximum Gasteiger partial charge on any atom is 0.124 e. The highest BCUT2D eigenvalue weighted by Crippen LogP contribution is 2.17. The average molecular weight is 246 g/mol. The van der Waals surface area contributed by atoms with Crippen LogP contribution in [0.15, 0.2) is 66.7 Å². The minimum atomic E-state index is -0.260. The first-order valence-corrected chi connectivity index (χ1v) is 6.08. The van der Waals surface area contributed by atoms with Gasteiger partial charge in [0, 0.05) is 11.1 Å². The minimum absolute atomic E-state index is 0.260. The average Bonchev–Trinajstić information content (AvgIpc) is 2.45. The fraction of sp³-hybridized carbons (Fsp3) is 0. The van der Waals surface area contributed by atoms with Gasteiger partial charge >= 0.3 is 0 Å². The summed E-state index contributed by atoms with van der Waals surface area (Å²) in [6.07, 6.45) is 0. The van der Waals surface area contributed by atoms with Crippen molar-refractivity contribution in [1.29, 1.82) is 0 Å². The third-order valence-electron chi connectivity index (χ3n) is 2.96. The Morgan fingerprint density at radius 2 is 1.53 bits per heavy atom. The molecule has 0 amide bonds. The molecular formula is C18H11F. The molecule has 0 aliphatic carbocycles. The molecule has 0 radical (unpaired) electrons. The van der Waals surface area contributed by atoms with Crippen LogP contribution in [0.4, 0.5) is 4.39 Å². The lowest BCUT2D eigenvalue weighted by Gasteiger charge is -1.99. The van der Waals surface area contributed by atoms with Crippen molar-refractivity contribution in [2.75, 3.05) is 0 Å². The summed E-state index contributed by atoms with van der Waals surface area (Å²) in [5, 5.41) is 2.28. The largest absolute Gasteiger partial charge is 0.207 e. The molecule has 0 unspecified atom stereocenters. The highest BCUT2D eigenvalue weighted by atomic mass is 19.1. The van der Waals surface area contributed by atoms with Crippen molar-refractivity contribution in [3.05, 3.63) is 83.7 Å². The second-order valence-electron chi connectivity index (χ2n) is 4.29. The number of benzene rings is 3. The van der Waals surface area contributed by atoms with Crippen LogP contribution in [0.1, 0.15) is 11.1 Å². The first-order valence-electron chi connectivity index (χ1n) is 6.08. The molecule has 3 aromatic rings. The molecule has 3 aromatic carbocycles. The van der Waals surface area contributed by atoms with Crippen molar-refractivity contribution in [3.63, 3.8) is 0 Å². The summed E-state index contributed by atoms with van der Waals surface area (Å²) in [6, 6.07) is 20.5. The van der Waals surface area contributed by atoms with Crippen LogP contribution in [0.25, 0.3) is 10.8 Å². The van der Waals surface area contributed by atoms with Crippen molar-refractivity contribution in [3.8, 4) is 11.8 Å². The number of rotatable bonds is 0. The van der Waals surface area contributed by atoms with Crippen molar-refractivity contribution >= 4 is 10.8 Å². The van der Waals surface area contributed by atoms with Crippen LogP contribution < -0.4 is 0 Å². The van der Waals surface area contributed by atoms with E-state index in [1.165, 1.54) is 12.1 Å². The van der Waals surface area contributed by atoms with E-state index in [9.17, 15) is 4.39 Å². The minimum Gasteiger partial charge on any atom is -0.207 e. The Morgan fingerprint density at radius 3 is 2.42 bits per heavy atom. The van der Waals surface area contributed by atoms with Gasteiger partial charge in [0.25, 0.3) is 0 Å². The predicted octanol–water partition coefficient (Wildman–Crippen LogP) is 4.38. The second-order valence-corrected chi connectivity index (χ2v) is 4.29. The van der Waals surface area contributed by atoms with Crippen molar-refractivity contribution < 1.29 is 4.39 Å². The van der Waals surface area contributed by atoms with Gasteiger partial charge < -0.3 is 0 Å². The van der Waals surface area contributed by atoms with Crippen LogP contribution in [-0.2, 0) is 0 Å². The smallest absolute Gasteiger partial charge is 0.124 e. The van der Waals surface area contributed by atoms with Gasteiger partial charge in [0.2, 0.25) is 0 Å². The number of hydrogen-bond acceptors (Lipinski definition) is 0.